The number of nitro benzene ring substituents is 1. The minimum Gasteiger partial charge on any atom is -0.497 e. The molecule has 1 atom stereocenters. The van der Waals surface area contributed by atoms with E-state index in [9.17, 15) is 19.7 Å². The van der Waals surface area contributed by atoms with E-state index in [-0.39, 0.29) is 15.8 Å². The van der Waals surface area contributed by atoms with Gasteiger partial charge in [0.2, 0.25) is 0 Å². The summed E-state index contributed by atoms with van der Waals surface area (Å²) >= 11 is 2.19. The second kappa shape index (κ2) is 13.4. The molecule has 1 N–H and O–H groups in total. The lowest BCUT2D eigenvalue weighted by atomic mass is 9.94. The Morgan fingerprint density at radius 2 is 1.81 bits per heavy atom. The van der Waals surface area contributed by atoms with Gasteiger partial charge in [0.05, 0.1) is 39.8 Å². The van der Waals surface area contributed by atoms with Crippen molar-refractivity contribution in [2.75, 3.05) is 19.5 Å². The average molecular weight is 667 g/mol. The van der Waals surface area contributed by atoms with E-state index in [0.29, 0.717) is 48.9 Å². The van der Waals surface area contributed by atoms with Gasteiger partial charge in [-0.05, 0) is 66.7 Å². The lowest BCUT2D eigenvalue weighted by Gasteiger charge is -2.26. The van der Waals surface area contributed by atoms with Crippen molar-refractivity contribution in [2.24, 2.45) is 4.99 Å². The Morgan fingerprint density at radius 3 is 2.51 bits per heavy atom. The highest BCUT2D eigenvalue weighted by Crippen LogP contribution is 2.38. The zero-order valence-corrected chi connectivity index (χ0v) is 26.9. The molecule has 0 saturated carbocycles. The number of thiazole rings is 1. The summed E-state index contributed by atoms with van der Waals surface area (Å²) in [4.78, 5) is 53.3. The fourth-order valence-corrected chi connectivity index (χ4v) is 6.96. The van der Waals surface area contributed by atoms with Gasteiger partial charge in [-0.2, -0.15) is 0 Å². The summed E-state index contributed by atoms with van der Waals surface area (Å²) in [6.07, 6.45) is 4.70. The predicted octanol–water partition coefficient (Wildman–Crippen LogP) is 4.74. The lowest BCUT2D eigenvalue weighted by molar-refractivity contribution is -0.387. The number of nitrogens with zero attached hydrogens (tertiary/aromatic N) is 5. The molecule has 0 saturated heterocycles. The van der Waals surface area contributed by atoms with E-state index in [0.717, 1.165) is 23.1 Å². The third kappa shape index (κ3) is 6.41. The number of aromatic nitrogens is 3. The van der Waals surface area contributed by atoms with Crippen LogP contribution in [0.15, 0.2) is 116 Å². The average Bonchev–Trinajstić information content (AvgIpc) is 3.38. The number of nitrogens with one attached hydrogen (secondary N) is 1. The number of carbonyl (C=O) groups is 1. The van der Waals surface area contributed by atoms with Crippen LogP contribution in [0.25, 0.3) is 6.08 Å². The van der Waals surface area contributed by atoms with Crippen molar-refractivity contribution in [2.45, 2.75) is 23.0 Å². The van der Waals surface area contributed by atoms with Crippen LogP contribution in [0.1, 0.15) is 24.1 Å². The number of rotatable bonds is 9. The van der Waals surface area contributed by atoms with E-state index in [1.54, 1.807) is 86.1 Å². The largest absolute Gasteiger partial charge is 0.497 e. The van der Waals surface area contributed by atoms with E-state index in [2.05, 4.69) is 20.3 Å². The highest BCUT2D eigenvalue weighted by Gasteiger charge is 2.34. The molecule has 0 fully saturated rings. The minimum atomic E-state index is -0.906. The van der Waals surface area contributed by atoms with Crippen LogP contribution in [0.2, 0.25) is 0 Å². The Labute approximate surface area is 275 Å². The number of fused-ring (bicyclic) bond motifs is 1. The highest BCUT2D eigenvalue weighted by atomic mass is 32.2. The molecular weight excluding hydrogens is 641 g/mol. The second-order valence-corrected chi connectivity index (χ2v) is 12.1. The summed E-state index contributed by atoms with van der Waals surface area (Å²) in [7, 11) is 3.03. The number of nitro groups is 1. The van der Waals surface area contributed by atoms with E-state index < -0.39 is 22.4 Å². The zero-order chi connectivity index (χ0) is 33.1. The quantitative estimate of drug-likeness (QED) is 0.134. The van der Waals surface area contributed by atoms with E-state index >= 15 is 0 Å². The monoisotopic (exact) mass is 666 g/mol. The van der Waals surface area contributed by atoms with Gasteiger partial charge in [0.1, 0.15) is 17.5 Å². The maximum Gasteiger partial charge on any atom is 0.283 e. The van der Waals surface area contributed by atoms with Crippen molar-refractivity contribution in [3.05, 3.63) is 137 Å². The van der Waals surface area contributed by atoms with E-state index in [1.807, 2.05) is 6.07 Å². The summed E-state index contributed by atoms with van der Waals surface area (Å²) in [5.74, 6) is 0.520. The molecule has 1 amide bonds. The third-order valence-electron chi connectivity index (χ3n) is 7.25. The molecule has 6 rings (SSSR count). The van der Waals surface area contributed by atoms with Crippen LogP contribution in [-0.2, 0) is 4.79 Å². The Hall–Kier alpha value is -5.60. The number of allylic oxidation sites excluding steroid dienone is 1. The smallest absolute Gasteiger partial charge is 0.283 e. The Balaban J connectivity index is 1.48. The van der Waals surface area contributed by atoms with Gasteiger partial charge in [0, 0.05) is 35.8 Å². The van der Waals surface area contributed by atoms with Crippen molar-refractivity contribution in [1.29, 1.82) is 0 Å². The fourth-order valence-electron chi connectivity index (χ4n) is 5.11. The third-order valence-corrected chi connectivity index (χ3v) is 9.20. The van der Waals surface area contributed by atoms with Gasteiger partial charge in [-0.3, -0.25) is 24.3 Å². The SMILES string of the molecule is COc1ccc([C@H]2C(C(=O)Nc3ccccc3)=C(C)N=c3s/c(=C/c4ccc(Sc5ncccn5)c([N+](=O)[O-])c4)c(=O)n32)c(OC)c1. The van der Waals surface area contributed by atoms with Crippen LogP contribution in [0.3, 0.4) is 0 Å². The van der Waals surface area contributed by atoms with E-state index in [4.69, 9.17) is 9.47 Å². The van der Waals surface area contributed by atoms with Gasteiger partial charge in [-0.1, -0.05) is 35.6 Å². The number of amides is 1. The molecule has 0 radical (unpaired) electrons. The summed E-state index contributed by atoms with van der Waals surface area (Å²) in [6.45, 7) is 1.72. The minimum absolute atomic E-state index is 0.152. The first kappa shape index (κ1) is 31.4. The van der Waals surface area contributed by atoms with Crippen LogP contribution in [-0.4, -0.2) is 39.6 Å². The van der Waals surface area contributed by atoms with Crippen LogP contribution in [0.5, 0.6) is 11.5 Å². The zero-order valence-electron chi connectivity index (χ0n) is 25.2. The molecule has 14 heteroatoms. The predicted molar refractivity (Wildman–Crippen MR) is 178 cm³/mol. The Bertz CT molecular complexity index is 2220. The topological polar surface area (TPSA) is 151 Å². The number of methoxy groups -OCH3 is 2. The van der Waals surface area contributed by atoms with Gasteiger partial charge >= 0.3 is 0 Å². The van der Waals surface area contributed by atoms with Gasteiger partial charge in [0.25, 0.3) is 17.2 Å². The molecule has 3 aromatic carbocycles. The number of para-hydroxylation sites is 1. The Kier molecular flexibility index (Phi) is 8.95. The van der Waals surface area contributed by atoms with Crippen LogP contribution >= 0.6 is 23.1 Å². The molecule has 0 bridgehead atoms. The standard InChI is InChI=1S/C33H26N6O6S2/c1-19-28(30(40)37-21-8-5-4-6-9-21)29(23-12-11-22(44-2)18-25(23)45-3)38-31(41)27(47-33(38)36-19)17-20-10-13-26(24(16-20)39(42)43)46-32-34-14-7-15-35-32/h4-18,29H,1-3H3,(H,37,40)/b27-17+/t29-/m0/s1. The van der Waals surface area contributed by atoms with Crippen LogP contribution < -0.4 is 29.7 Å². The number of ether oxygens (including phenoxy) is 2. The van der Waals surface area contributed by atoms with Crippen molar-refractivity contribution in [3.8, 4) is 11.5 Å². The van der Waals surface area contributed by atoms with Crippen LogP contribution in [0.4, 0.5) is 11.4 Å². The van der Waals surface area contributed by atoms with E-state index in [1.165, 1.54) is 24.9 Å². The molecule has 5 aromatic rings. The number of hydrogen-bond donors (Lipinski definition) is 1. The van der Waals surface area contributed by atoms with Crippen molar-refractivity contribution in [1.82, 2.24) is 14.5 Å². The van der Waals surface area contributed by atoms with Gasteiger partial charge in [-0.25, -0.2) is 15.0 Å². The lowest BCUT2D eigenvalue weighted by Crippen LogP contribution is -2.40. The fraction of sp³-hybridized carbons (Fsp3) is 0.121. The molecule has 0 aliphatic carbocycles. The van der Waals surface area contributed by atoms with Crippen molar-refractivity contribution < 1.29 is 19.2 Å². The van der Waals surface area contributed by atoms with Gasteiger partial charge in [0.15, 0.2) is 9.96 Å². The Morgan fingerprint density at radius 1 is 1.04 bits per heavy atom. The number of anilines is 1. The second-order valence-electron chi connectivity index (χ2n) is 10.1. The molecule has 3 heterocycles. The maximum absolute atomic E-state index is 14.2. The summed E-state index contributed by atoms with van der Waals surface area (Å²) in [5, 5.41) is 15.3. The van der Waals surface area contributed by atoms with Gasteiger partial charge in [-0.15, -0.1) is 0 Å². The number of hydrogen-bond acceptors (Lipinski definition) is 11. The van der Waals surface area contributed by atoms with Gasteiger partial charge < -0.3 is 14.8 Å². The first-order valence-electron chi connectivity index (χ1n) is 14.1. The number of benzene rings is 3. The molecule has 1 aliphatic heterocycles. The highest BCUT2D eigenvalue weighted by molar-refractivity contribution is 7.99. The molecule has 2 aromatic heterocycles. The molecule has 1 aliphatic rings. The first-order chi connectivity index (χ1) is 22.8. The molecule has 0 spiro atoms. The summed E-state index contributed by atoms with van der Waals surface area (Å²) < 4.78 is 12.8. The summed E-state index contributed by atoms with van der Waals surface area (Å²) in [6, 6.07) is 19.6. The maximum atomic E-state index is 14.2. The number of carbonyl (C=O) groups excluding carboxylic acids is 1. The normalized spacial score (nSPS) is 14.3. The molecule has 236 valence electrons. The van der Waals surface area contributed by atoms with Crippen molar-refractivity contribution >= 4 is 46.5 Å². The van der Waals surface area contributed by atoms with Crippen LogP contribution in [0, 0.1) is 10.1 Å². The molecule has 0 unspecified atom stereocenters. The summed E-state index contributed by atoms with van der Waals surface area (Å²) in [5.41, 5.74) is 1.68. The molecule has 47 heavy (non-hydrogen) atoms. The first-order valence-corrected chi connectivity index (χ1v) is 15.7. The van der Waals surface area contributed by atoms with Crippen molar-refractivity contribution in [3.63, 3.8) is 0 Å². The molecule has 12 nitrogen and oxygen atoms in total. The molecular formula is C33H26N6O6S2.